The molecule has 2 fully saturated rings. The zero-order valence-corrected chi connectivity index (χ0v) is 15.3. The Balaban J connectivity index is 0.00000208. The van der Waals surface area contributed by atoms with E-state index in [0.29, 0.717) is 19.1 Å². The van der Waals surface area contributed by atoms with Gasteiger partial charge in [0.05, 0.1) is 5.41 Å². The lowest BCUT2D eigenvalue weighted by molar-refractivity contribution is -0.130. The molecule has 5 heteroatoms. The second kappa shape index (κ2) is 8.84. The number of nitrogens with one attached hydrogen (secondary N) is 2. The fourth-order valence-electron chi connectivity index (χ4n) is 3.74. The van der Waals surface area contributed by atoms with Gasteiger partial charge in [-0.2, -0.15) is 0 Å². The highest BCUT2D eigenvalue weighted by Crippen LogP contribution is 2.35. The van der Waals surface area contributed by atoms with Gasteiger partial charge in [-0.05, 0) is 57.2 Å². The van der Waals surface area contributed by atoms with Crippen LogP contribution in [-0.4, -0.2) is 38.8 Å². The Labute approximate surface area is 151 Å². The normalized spacial score (nSPS) is 23.1. The molecule has 1 atom stereocenters. The maximum Gasteiger partial charge on any atom is 0.230 e. The number of halogens is 1. The minimum atomic E-state index is -0.423. The van der Waals surface area contributed by atoms with E-state index in [0.717, 1.165) is 38.0 Å². The Morgan fingerprint density at radius 2 is 2.00 bits per heavy atom. The predicted molar refractivity (Wildman–Crippen MR) is 98.8 cm³/mol. The molecule has 2 aliphatic rings. The molecule has 0 bridgehead atoms. The molecular formula is C19H29ClN2O2. The second-order valence-electron chi connectivity index (χ2n) is 6.98. The van der Waals surface area contributed by atoms with Gasteiger partial charge in [0.2, 0.25) is 5.91 Å². The van der Waals surface area contributed by atoms with E-state index in [-0.39, 0.29) is 18.3 Å². The number of ether oxygens (including phenoxy) is 1. The second-order valence-corrected chi connectivity index (χ2v) is 6.98. The molecule has 0 aromatic heterocycles. The third kappa shape index (κ3) is 4.29. The Morgan fingerprint density at radius 1 is 1.29 bits per heavy atom. The fraction of sp³-hybridized carbons (Fsp3) is 0.632. The molecule has 4 nitrogen and oxygen atoms in total. The molecule has 24 heavy (non-hydrogen) atoms. The summed E-state index contributed by atoms with van der Waals surface area (Å²) < 4.78 is 5.52. The van der Waals surface area contributed by atoms with E-state index in [2.05, 4.69) is 41.8 Å². The van der Waals surface area contributed by atoms with Gasteiger partial charge in [0, 0.05) is 19.8 Å². The van der Waals surface area contributed by atoms with Crippen molar-refractivity contribution in [3.05, 3.63) is 35.4 Å². The number of amides is 1. The van der Waals surface area contributed by atoms with Crippen LogP contribution < -0.4 is 10.6 Å². The van der Waals surface area contributed by atoms with Gasteiger partial charge in [0.1, 0.15) is 0 Å². The average Bonchev–Trinajstić information content (AvgIpc) is 2.61. The highest BCUT2D eigenvalue weighted by molar-refractivity contribution is 5.88. The molecule has 2 saturated heterocycles. The summed E-state index contributed by atoms with van der Waals surface area (Å²) in [4.78, 5) is 13.1. The number of rotatable bonds is 4. The van der Waals surface area contributed by atoms with Gasteiger partial charge in [-0.15, -0.1) is 12.4 Å². The van der Waals surface area contributed by atoms with Gasteiger partial charge >= 0.3 is 0 Å². The molecule has 2 aliphatic heterocycles. The summed E-state index contributed by atoms with van der Waals surface area (Å²) in [6, 6.07) is 8.43. The summed E-state index contributed by atoms with van der Waals surface area (Å²) in [7, 11) is 0. The first kappa shape index (κ1) is 19.2. The molecule has 3 rings (SSSR count). The predicted octanol–water partition coefficient (Wildman–Crippen LogP) is 2.58. The fourth-order valence-corrected chi connectivity index (χ4v) is 3.74. The van der Waals surface area contributed by atoms with E-state index in [1.807, 2.05) is 0 Å². The standard InChI is InChI=1S/C19H28N2O2.ClH/c1-15-4-6-17(7-5-15)19(8-11-23-12-9-19)18(22)21-14-16-3-2-10-20-13-16;/h4-7,16,20H,2-3,8-14H2,1H3,(H,21,22);1H. The van der Waals surface area contributed by atoms with E-state index in [1.165, 1.54) is 18.4 Å². The molecule has 2 N–H and O–H groups in total. The van der Waals surface area contributed by atoms with Crippen molar-refractivity contribution >= 4 is 18.3 Å². The number of carbonyl (C=O) groups excluding carboxylic acids is 1. The smallest absolute Gasteiger partial charge is 0.230 e. The third-order valence-electron chi connectivity index (χ3n) is 5.34. The zero-order valence-electron chi connectivity index (χ0n) is 14.5. The Morgan fingerprint density at radius 3 is 2.62 bits per heavy atom. The molecule has 1 aromatic rings. The Bertz CT molecular complexity index is 521. The number of benzene rings is 1. The van der Waals surface area contributed by atoms with E-state index in [1.54, 1.807) is 0 Å². The van der Waals surface area contributed by atoms with E-state index >= 15 is 0 Å². The Kier molecular flexibility index (Phi) is 7.08. The highest BCUT2D eigenvalue weighted by atomic mass is 35.5. The van der Waals surface area contributed by atoms with Crippen molar-refractivity contribution in [1.82, 2.24) is 10.6 Å². The molecule has 0 saturated carbocycles. The highest BCUT2D eigenvalue weighted by Gasteiger charge is 2.41. The first-order valence-electron chi connectivity index (χ1n) is 8.85. The quantitative estimate of drug-likeness (QED) is 0.875. The largest absolute Gasteiger partial charge is 0.381 e. The first-order chi connectivity index (χ1) is 11.2. The minimum Gasteiger partial charge on any atom is -0.381 e. The molecular weight excluding hydrogens is 324 g/mol. The summed E-state index contributed by atoms with van der Waals surface area (Å²) >= 11 is 0. The average molecular weight is 353 g/mol. The third-order valence-corrected chi connectivity index (χ3v) is 5.34. The lowest BCUT2D eigenvalue weighted by atomic mass is 9.73. The molecule has 1 aromatic carbocycles. The lowest BCUT2D eigenvalue weighted by Crippen LogP contribution is -2.50. The van der Waals surface area contributed by atoms with Gasteiger partial charge in [0.25, 0.3) is 0 Å². The summed E-state index contributed by atoms with van der Waals surface area (Å²) in [5.41, 5.74) is 1.93. The number of piperidine rings is 1. The molecule has 0 aliphatic carbocycles. The van der Waals surface area contributed by atoms with Gasteiger partial charge in [0.15, 0.2) is 0 Å². The van der Waals surface area contributed by atoms with Crippen LogP contribution in [-0.2, 0) is 14.9 Å². The molecule has 0 radical (unpaired) electrons. The minimum absolute atomic E-state index is 0. The van der Waals surface area contributed by atoms with Gasteiger partial charge < -0.3 is 15.4 Å². The molecule has 0 spiro atoms. The molecule has 1 amide bonds. The van der Waals surface area contributed by atoms with Crippen molar-refractivity contribution in [3.63, 3.8) is 0 Å². The number of hydrogen-bond donors (Lipinski definition) is 2. The van der Waals surface area contributed by atoms with Crippen molar-refractivity contribution in [2.45, 2.75) is 38.0 Å². The van der Waals surface area contributed by atoms with Crippen molar-refractivity contribution in [2.75, 3.05) is 32.8 Å². The summed E-state index contributed by atoms with van der Waals surface area (Å²) in [5.74, 6) is 0.734. The summed E-state index contributed by atoms with van der Waals surface area (Å²) in [6.45, 7) is 6.30. The van der Waals surface area contributed by atoms with Crippen LogP contribution in [0, 0.1) is 12.8 Å². The topological polar surface area (TPSA) is 50.4 Å². The monoisotopic (exact) mass is 352 g/mol. The zero-order chi connectivity index (χ0) is 16.1. The van der Waals surface area contributed by atoms with E-state index in [4.69, 9.17) is 4.74 Å². The molecule has 134 valence electrons. The van der Waals surface area contributed by atoms with Crippen LogP contribution in [0.1, 0.15) is 36.8 Å². The van der Waals surface area contributed by atoms with Crippen LogP contribution in [0.25, 0.3) is 0 Å². The molecule has 1 unspecified atom stereocenters. The van der Waals surface area contributed by atoms with Crippen LogP contribution in [0.2, 0.25) is 0 Å². The van der Waals surface area contributed by atoms with Crippen molar-refractivity contribution in [3.8, 4) is 0 Å². The van der Waals surface area contributed by atoms with Crippen LogP contribution in [0.4, 0.5) is 0 Å². The van der Waals surface area contributed by atoms with Gasteiger partial charge in [-0.3, -0.25) is 4.79 Å². The van der Waals surface area contributed by atoms with E-state index in [9.17, 15) is 4.79 Å². The van der Waals surface area contributed by atoms with E-state index < -0.39 is 5.41 Å². The van der Waals surface area contributed by atoms with Crippen molar-refractivity contribution < 1.29 is 9.53 Å². The molecule has 2 heterocycles. The SMILES string of the molecule is Cc1ccc(C2(C(=O)NCC3CCCNC3)CCOCC2)cc1.Cl. The number of carbonyl (C=O) groups is 1. The lowest BCUT2D eigenvalue weighted by Gasteiger charge is -2.37. The number of aryl methyl sites for hydroxylation is 1. The summed E-state index contributed by atoms with van der Waals surface area (Å²) in [5, 5.41) is 6.66. The van der Waals surface area contributed by atoms with Crippen LogP contribution in [0.3, 0.4) is 0 Å². The summed E-state index contributed by atoms with van der Waals surface area (Å²) in [6.07, 6.45) is 3.95. The van der Waals surface area contributed by atoms with Crippen LogP contribution >= 0.6 is 12.4 Å². The van der Waals surface area contributed by atoms with Crippen molar-refractivity contribution in [1.29, 1.82) is 0 Å². The maximum atomic E-state index is 13.1. The van der Waals surface area contributed by atoms with Crippen molar-refractivity contribution in [2.24, 2.45) is 5.92 Å². The first-order valence-corrected chi connectivity index (χ1v) is 8.85. The maximum absolute atomic E-state index is 13.1. The number of hydrogen-bond acceptors (Lipinski definition) is 3. The van der Waals surface area contributed by atoms with Gasteiger partial charge in [-0.25, -0.2) is 0 Å². The Hall–Kier alpha value is -1.10. The van der Waals surface area contributed by atoms with Crippen LogP contribution in [0.5, 0.6) is 0 Å². The van der Waals surface area contributed by atoms with Gasteiger partial charge in [-0.1, -0.05) is 29.8 Å². The van der Waals surface area contributed by atoms with Crippen LogP contribution in [0.15, 0.2) is 24.3 Å².